The summed E-state index contributed by atoms with van der Waals surface area (Å²) in [6.45, 7) is 1.52. The fraction of sp³-hybridized carbons (Fsp3) is 0.118. The molecule has 5 heteroatoms. The minimum Gasteiger partial charge on any atom is -0.379 e. The van der Waals surface area contributed by atoms with Gasteiger partial charge in [-0.3, -0.25) is 4.68 Å². The van der Waals surface area contributed by atoms with Crippen LogP contribution < -0.4 is 5.32 Å². The van der Waals surface area contributed by atoms with Gasteiger partial charge in [0.15, 0.2) is 0 Å². The summed E-state index contributed by atoms with van der Waals surface area (Å²) >= 11 is 7.30. The summed E-state index contributed by atoms with van der Waals surface area (Å²) in [5, 5.41) is 8.20. The van der Waals surface area contributed by atoms with Gasteiger partial charge in [-0.2, -0.15) is 5.10 Å². The molecule has 22 heavy (non-hydrogen) atoms. The second-order valence-electron chi connectivity index (χ2n) is 5.30. The standard InChI is InChI=1S/C17H13Br2N3/c18-12-6-7-14-13(8-12)16-15(9-20-14)21-22(17(16)19)10-11-4-2-1-3-5-11/h1-8,20H,9-10H2. The summed E-state index contributed by atoms with van der Waals surface area (Å²) in [6, 6.07) is 16.7. The SMILES string of the molecule is Brc1ccc2c(c1)-c1c(nn(Cc3ccccc3)c1Br)CN2. The maximum absolute atomic E-state index is 4.77. The topological polar surface area (TPSA) is 29.9 Å². The van der Waals surface area contributed by atoms with Crippen LogP contribution in [0.25, 0.3) is 11.1 Å². The van der Waals surface area contributed by atoms with E-state index in [1.165, 1.54) is 16.7 Å². The molecule has 0 spiro atoms. The summed E-state index contributed by atoms with van der Waals surface area (Å²) in [5.41, 5.74) is 5.84. The molecule has 3 nitrogen and oxygen atoms in total. The molecule has 0 saturated heterocycles. The summed E-state index contributed by atoms with van der Waals surface area (Å²) in [6.07, 6.45) is 0. The molecule has 3 aromatic rings. The summed E-state index contributed by atoms with van der Waals surface area (Å²) in [5.74, 6) is 0. The number of hydrogen-bond acceptors (Lipinski definition) is 2. The van der Waals surface area contributed by atoms with Gasteiger partial charge in [0.1, 0.15) is 4.60 Å². The van der Waals surface area contributed by atoms with Crippen LogP contribution in [0.3, 0.4) is 0 Å². The van der Waals surface area contributed by atoms with Gasteiger partial charge >= 0.3 is 0 Å². The van der Waals surface area contributed by atoms with E-state index in [-0.39, 0.29) is 0 Å². The van der Waals surface area contributed by atoms with Crippen molar-refractivity contribution in [3.63, 3.8) is 0 Å². The van der Waals surface area contributed by atoms with E-state index in [2.05, 4.69) is 79.6 Å². The lowest BCUT2D eigenvalue weighted by Crippen LogP contribution is -2.08. The van der Waals surface area contributed by atoms with E-state index in [9.17, 15) is 0 Å². The molecule has 1 N–H and O–H groups in total. The highest BCUT2D eigenvalue weighted by molar-refractivity contribution is 9.10. The maximum atomic E-state index is 4.77. The van der Waals surface area contributed by atoms with E-state index in [0.29, 0.717) is 0 Å². The molecule has 0 radical (unpaired) electrons. The van der Waals surface area contributed by atoms with Crippen molar-refractivity contribution >= 4 is 37.5 Å². The minimum atomic E-state index is 0.754. The van der Waals surface area contributed by atoms with Gasteiger partial charge < -0.3 is 5.32 Å². The van der Waals surface area contributed by atoms with Crippen molar-refractivity contribution in [1.29, 1.82) is 0 Å². The van der Waals surface area contributed by atoms with Gasteiger partial charge in [-0.1, -0.05) is 46.3 Å². The predicted molar refractivity (Wildman–Crippen MR) is 95.9 cm³/mol. The third kappa shape index (κ3) is 2.38. The molecule has 0 unspecified atom stereocenters. The van der Waals surface area contributed by atoms with E-state index in [1.54, 1.807) is 0 Å². The number of halogens is 2. The van der Waals surface area contributed by atoms with Crippen molar-refractivity contribution in [2.24, 2.45) is 0 Å². The van der Waals surface area contributed by atoms with Crippen LogP contribution in [-0.4, -0.2) is 9.78 Å². The van der Waals surface area contributed by atoms with Gasteiger partial charge in [0.25, 0.3) is 0 Å². The van der Waals surface area contributed by atoms with Crippen LogP contribution in [0.1, 0.15) is 11.3 Å². The Bertz CT molecular complexity index is 841. The van der Waals surface area contributed by atoms with Crippen molar-refractivity contribution in [2.75, 3.05) is 5.32 Å². The smallest absolute Gasteiger partial charge is 0.112 e. The molecule has 110 valence electrons. The Hall–Kier alpha value is -1.59. The molecule has 0 atom stereocenters. The number of rotatable bonds is 2. The average molecular weight is 419 g/mol. The van der Waals surface area contributed by atoms with Gasteiger partial charge in [0.2, 0.25) is 0 Å². The molecule has 0 aliphatic carbocycles. The Labute approximate surface area is 145 Å². The van der Waals surface area contributed by atoms with Crippen LogP contribution in [0.4, 0.5) is 5.69 Å². The van der Waals surface area contributed by atoms with Crippen molar-refractivity contribution in [1.82, 2.24) is 9.78 Å². The van der Waals surface area contributed by atoms with Crippen LogP contribution in [0.2, 0.25) is 0 Å². The van der Waals surface area contributed by atoms with Gasteiger partial charge in [0, 0.05) is 21.3 Å². The third-order valence-corrected chi connectivity index (χ3v) is 5.13. The van der Waals surface area contributed by atoms with Crippen molar-refractivity contribution in [2.45, 2.75) is 13.1 Å². The minimum absolute atomic E-state index is 0.754. The molecule has 2 aromatic carbocycles. The molecule has 0 saturated carbocycles. The van der Waals surface area contributed by atoms with Crippen molar-refractivity contribution < 1.29 is 0 Å². The zero-order valence-electron chi connectivity index (χ0n) is 11.7. The molecule has 1 aromatic heterocycles. The first-order valence-electron chi connectivity index (χ1n) is 7.05. The van der Waals surface area contributed by atoms with Crippen LogP contribution in [0, 0.1) is 0 Å². The van der Waals surface area contributed by atoms with E-state index < -0.39 is 0 Å². The normalized spacial score (nSPS) is 12.5. The highest BCUT2D eigenvalue weighted by Crippen LogP contribution is 2.41. The molecule has 0 bridgehead atoms. The number of nitrogens with one attached hydrogen (secondary N) is 1. The maximum Gasteiger partial charge on any atom is 0.112 e. The molecule has 4 rings (SSSR count). The summed E-state index contributed by atoms with van der Waals surface area (Å²) < 4.78 is 4.13. The fourth-order valence-electron chi connectivity index (χ4n) is 2.80. The highest BCUT2D eigenvalue weighted by Gasteiger charge is 2.23. The summed E-state index contributed by atoms with van der Waals surface area (Å²) in [4.78, 5) is 0. The third-order valence-electron chi connectivity index (χ3n) is 3.84. The van der Waals surface area contributed by atoms with Crippen molar-refractivity contribution in [3.05, 3.63) is 68.9 Å². The van der Waals surface area contributed by atoms with Crippen LogP contribution in [0.15, 0.2) is 57.6 Å². The lowest BCUT2D eigenvalue weighted by molar-refractivity contribution is 0.661. The lowest BCUT2D eigenvalue weighted by atomic mass is 10.0. The Balaban J connectivity index is 1.80. The highest BCUT2D eigenvalue weighted by atomic mass is 79.9. The van der Waals surface area contributed by atoms with Gasteiger partial charge in [-0.15, -0.1) is 0 Å². The Morgan fingerprint density at radius 3 is 2.73 bits per heavy atom. The first-order valence-corrected chi connectivity index (χ1v) is 8.64. The lowest BCUT2D eigenvalue weighted by Gasteiger charge is -2.17. The Morgan fingerprint density at radius 2 is 1.91 bits per heavy atom. The largest absolute Gasteiger partial charge is 0.379 e. The first-order chi connectivity index (χ1) is 10.7. The van der Waals surface area contributed by atoms with E-state index in [0.717, 1.165) is 33.5 Å². The molecular formula is C17H13Br2N3. The average Bonchev–Trinajstić information content (AvgIpc) is 2.85. The van der Waals surface area contributed by atoms with Crippen LogP contribution >= 0.6 is 31.9 Å². The zero-order valence-corrected chi connectivity index (χ0v) is 14.9. The number of nitrogens with zero attached hydrogens (tertiary/aromatic N) is 2. The second kappa shape index (κ2) is 5.56. The van der Waals surface area contributed by atoms with E-state index in [1.807, 2.05) is 10.7 Å². The second-order valence-corrected chi connectivity index (χ2v) is 6.97. The first kappa shape index (κ1) is 14.0. The molecular weight excluding hydrogens is 406 g/mol. The van der Waals surface area contributed by atoms with Crippen molar-refractivity contribution in [3.8, 4) is 11.1 Å². The van der Waals surface area contributed by atoms with Gasteiger partial charge in [-0.05, 0) is 39.7 Å². The molecule has 0 amide bonds. The fourth-order valence-corrected chi connectivity index (χ4v) is 3.80. The Morgan fingerprint density at radius 1 is 1.09 bits per heavy atom. The van der Waals surface area contributed by atoms with Gasteiger partial charge in [0.05, 0.1) is 18.8 Å². The van der Waals surface area contributed by atoms with E-state index in [4.69, 9.17) is 5.10 Å². The Kier molecular flexibility index (Phi) is 3.54. The molecule has 1 aliphatic heterocycles. The van der Waals surface area contributed by atoms with E-state index >= 15 is 0 Å². The summed E-state index contributed by atoms with van der Waals surface area (Å²) in [7, 11) is 0. The predicted octanol–water partition coefficient (Wildman–Crippen LogP) is 5.05. The number of aromatic nitrogens is 2. The zero-order chi connectivity index (χ0) is 15.1. The molecule has 0 fully saturated rings. The molecule has 1 aliphatic rings. The van der Waals surface area contributed by atoms with Gasteiger partial charge in [-0.25, -0.2) is 0 Å². The molecule has 2 heterocycles. The van der Waals surface area contributed by atoms with Crippen LogP contribution in [0.5, 0.6) is 0 Å². The monoisotopic (exact) mass is 417 g/mol. The van der Waals surface area contributed by atoms with Crippen LogP contribution in [-0.2, 0) is 13.1 Å². The number of hydrogen-bond donors (Lipinski definition) is 1. The number of anilines is 1. The number of benzene rings is 2. The quantitative estimate of drug-likeness (QED) is 0.631. The number of fused-ring (bicyclic) bond motifs is 3.